The minimum absolute atomic E-state index is 0.116. The number of alkyl halides is 1. The molecule has 1 saturated heterocycles. The molecule has 0 N–H and O–H groups in total. The normalized spacial score (nSPS) is 31.4. The van der Waals surface area contributed by atoms with E-state index in [0.717, 1.165) is 15.8 Å². The first-order valence-electron chi connectivity index (χ1n) is 6.69. The number of hydrogen-bond donors (Lipinski definition) is 0. The highest BCUT2D eigenvalue weighted by Gasteiger charge is 2.42. The first kappa shape index (κ1) is 16.4. The van der Waals surface area contributed by atoms with E-state index in [1.54, 1.807) is 7.11 Å². The highest BCUT2D eigenvalue weighted by atomic mass is 79.9. The Kier molecular flexibility index (Phi) is 5.28. The van der Waals surface area contributed by atoms with Crippen molar-refractivity contribution in [3.05, 3.63) is 27.2 Å². The van der Waals surface area contributed by atoms with Crippen molar-refractivity contribution in [1.29, 1.82) is 0 Å². The van der Waals surface area contributed by atoms with Gasteiger partial charge in [-0.3, -0.25) is 0 Å². The van der Waals surface area contributed by atoms with Crippen LogP contribution in [0.2, 0.25) is 5.02 Å². The van der Waals surface area contributed by atoms with Crippen molar-refractivity contribution in [3.63, 3.8) is 0 Å². The Hall–Kier alpha value is 0.0400. The maximum absolute atomic E-state index is 6.76. The molecule has 5 unspecified atom stereocenters. The van der Waals surface area contributed by atoms with Crippen LogP contribution in [0.15, 0.2) is 16.6 Å². The van der Waals surface area contributed by atoms with Crippen molar-refractivity contribution < 1.29 is 9.47 Å². The van der Waals surface area contributed by atoms with Crippen molar-refractivity contribution in [2.75, 3.05) is 7.11 Å². The first-order chi connectivity index (χ1) is 9.36. The van der Waals surface area contributed by atoms with Gasteiger partial charge in [0.25, 0.3) is 0 Å². The van der Waals surface area contributed by atoms with Gasteiger partial charge in [0.15, 0.2) is 0 Å². The van der Waals surface area contributed by atoms with Gasteiger partial charge in [-0.05, 0) is 47.8 Å². The third-order valence-electron chi connectivity index (χ3n) is 4.20. The van der Waals surface area contributed by atoms with E-state index in [1.807, 2.05) is 12.1 Å². The topological polar surface area (TPSA) is 18.5 Å². The SMILES string of the molecule is COc1c(Br)cc(Cl)cc1C(Cl)C1C(C)OC(C)C1C. The minimum atomic E-state index is -0.199. The Morgan fingerprint density at radius 3 is 2.40 bits per heavy atom. The summed E-state index contributed by atoms with van der Waals surface area (Å²) < 4.78 is 12.2. The maximum Gasteiger partial charge on any atom is 0.137 e. The number of benzene rings is 1. The lowest BCUT2D eigenvalue weighted by Gasteiger charge is -2.26. The van der Waals surface area contributed by atoms with Gasteiger partial charge in [0.2, 0.25) is 0 Å². The van der Waals surface area contributed by atoms with Crippen LogP contribution in [-0.4, -0.2) is 19.3 Å². The molecule has 0 aliphatic carbocycles. The van der Waals surface area contributed by atoms with Crippen LogP contribution in [0, 0.1) is 11.8 Å². The van der Waals surface area contributed by atoms with Crippen LogP contribution in [-0.2, 0) is 4.74 Å². The zero-order chi connectivity index (χ0) is 15.0. The van der Waals surface area contributed by atoms with Gasteiger partial charge in [-0.15, -0.1) is 11.6 Å². The van der Waals surface area contributed by atoms with Crippen molar-refractivity contribution in [1.82, 2.24) is 0 Å². The smallest absolute Gasteiger partial charge is 0.137 e. The van der Waals surface area contributed by atoms with Gasteiger partial charge in [-0.2, -0.15) is 0 Å². The second-order valence-corrected chi connectivity index (χ2v) is 7.16. The maximum atomic E-state index is 6.76. The Labute approximate surface area is 138 Å². The molecule has 0 amide bonds. The molecule has 0 saturated carbocycles. The molecule has 1 aromatic rings. The fourth-order valence-electron chi connectivity index (χ4n) is 3.01. The number of rotatable bonds is 3. The molecule has 2 nitrogen and oxygen atoms in total. The number of ether oxygens (including phenoxy) is 2. The fraction of sp³-hybridized carbons (Fsp3) is 0.600. The summed E-state index contributed by atoms with van der Waals surface area (Å²) in [5.74, 6) is 1.36. The van der Waals surface area contributed by atoms with Crippen LogP contribution in [0.3, 0.4) is 0 Å². The van der Waals surface area contributed by atoms with Crippen LogP contribution in [0.5, 0.6) is 5.75 Å². The monoisotopic (exact) mass is 380 g/mol. The third-order valence-corrected chi connectivity index (χ3v) is 5.53. The van der Waals surface area contributed by atoms with Crippen molar-refractivity contribution in [2.45, 2.75) is 38.4 Å². The van der Waals surface area contributed by atoms with E-state index in [1.165, 1.54) is 0 Å². The highest BCUT2D eigenvalue weighted by Crippen LogP contribution is 2.48. The Balaban J connectivity index is 2.41. The summed E-state index contributed by atoms with van der Waals surface area (Å²) in [5.41, 5.74) is 0.912. The lowest BCUT2D eigenvalue weighted by molar-refractivity contribution is 0.0507. The number of halogens is 3. The first-order valence-corrected chi connectivity index (χ1v) is 8.30. The summed E-state index contributed by atoms with van der Waals surface area (Å²) in [6.07, 6.45) is 0.329. The number of methoxy groups -OCH3 is 1. The number of hydrogen-bond acceptors (Lipinski definition) is 2. The van der Waals surface area contributed by atoms with E-state index in [-0.39, 0.29) is 23.5 Å². The van der Waals surface area contributed by atoms with Gasteiger partial charge >= 0.3 is 0 Å². The molecule has 0 bridgehead atoms. The van der Waals surface area contributed by atoms with E-state index in [2.05, 4.69) is 36.7 Å². The molecule has 20 heavy (non-hydrogen) atoms. The molecule has 0 radical (unpaired) electrons. The molecule has 2 rings (SSSR count). The van der Waals surface area contributed by atoms with Gasteiger partial charge in [0, 0.05) is 16.5 Å². The summed E-state index contributed by atoms with van der Waals surface area (Å²) in [5, 5.41) is 0.445. The molecular weight excluding hydrogens is 363 g/mol. The second-order valence-electron chi connectivity index (χ2n) is 5.39. The van der Waals surface area contributed by atoms with E-state index >= 15 is 0 Å². The molecule has 0 aromatic heterocycles. The summed E-state index contributed by atoms with van der Waals surface area (Å²) in [7, 11) is 1.64. The predicted molar refractivity (Wildman–Crippen MR) is 87.0 cm³/mol. The van der Waals surface area contributed by atoms with Crippen LogP contribution < -0.4 is 4.74 Å². The summed E-state index contributed by atoms with van der Waals surface area (Å²) in [4.78, 5) is 0. The average Bonchev–Trinajstić information content (AvgIpc) is 2.61. The van der Waals surface area contributed by atoms with Crippen LogP contribution in [0.1, 0.15) is 31.7 Å². The molecular formula is C15H19BrCl2O2. The lowest BCUT2D eigenvalue weighted by Crippen LogP contribution is -2.22. The molecule has 5 atom stereocenters. The molecule has 1 fully saturated rings. The van der Waals surface area contributed by atoms with Crippen molar-refractivity contribution in [3.8, 4) is 5.75 Å². The molecule has 5 heteroatoms. The van der Waals surface area contributed by atoms with Gasteiger partial charge < -0.3 is 9.47 Å². The Morgan fingerprint density at radius 2 is 1.90 bits per heavy atom. The van der Waals surface area contributed by atoms with E-state index in [9.17, 15) is 0 Å². The van der Waals surface area contributed by atoms with Gasteiger partial charge in [-0.25, -0.2) is 0 Å². The summed E-state index contributed by atoms with van der Waals surface area (Å²) >= 11 is 16.4. The van der Waals surface area contributed by atoms with Crippen LogP contribution >= 0.6 is 39.1 Å². The van der Waals surface area contributed by atoms with Gasteiger partial charge in [0.1, 0.15) is 5.75 Å². The van der Waals surface area contributed by atoms with Crippen LogP contribution in [0.25, 0.3) is 0 Å². The minimum Gasteiger partial charge on any atom is -0.495 e. The molecule has 1 aromatic carbocycles. The largest absolute Gasteiger partial charge is 0.495 e. The van der Waals surface area contributed by atoms with E-state index in [0.29, 0.717) is 10.9 Å². The Morgan fingerprint density at radius 1 is 1.25 bits per heavy atom. The molecule has 112 valence electrons. The van der Waals surface area contributed by atoms with Crippen molar-refractivity contribution >= 4 is 39.1 Å². The van der Waals surface area contributed by atoms with Crippen LogP contribution in [0.4, 0.5) is 0 Å². The van der Waals surface area contributed by atoms with E-state index < -0.39 is 0 Å². The van der Waals surface area contributed by atoms with Gasteiger partial charge in [0.05, 0.1) is 29.2 Å². The second kappa shape index (κ2) is 6.43. The zero-order valence-electron chi connectivity index (χ0n) is 12.0. The summed E-state index contributed by atoms with van der Waals surface area (Å²) in [6.45, 7) is 6.35. The Bertz CT molecular complexity index is 495. The van der Waals surface area contributed by atoms with Crippen molar-refractivity contribution in [2.24, 2.45) is 11.8 Å². The predicted octanol–water partition coefficient (Wildman–Crippen LogP) is 5.45. The van der Waals surface area contributed by atoms with E-state index in [4.69, 9.17) is 32.7 Å². The average molecular weight is 382 g/mol. The fourth-order valence-corrected chi connectivity index (χ4v) is 4.60. The third kappa shape index (κ3) is 2.96. The zero-order valence-corrected chi connectivity index (χ0v) is 15.1. The standard InChI is InChI=1S/C15H19BrCl2O2/c1-7-8(2)20-9(3)13(7)14(18)11-5-10(17)6-12(16)15(11)19-4/h5-9,13-14H,1-4H3. The molecule has 1 aliphatic rings. The quantitative estimate of drug-likeness (QED) is 0.648. The lowest BCUT2D eigenvalue weighted by atomic mass is 9.84. The highest BCUT2D eigenvalue weighted by molar-refractivity contribution is 9.10. The molecule has 0 spiro atoms. The summed E-state index contributed by atoms with van der Waals surface area (Å²) in [6, 6.07) is 3.69. The molecule has 1 aliphatic heterocycles. The van der Waals surface area contributed by atoms with Gasteiger partial charge in [-0.1, -0.05) is 18.5 Å². The molecule has 1 heterocycles.